The second kappa shape index (κ2) is 9.19. The Balaban J connectivity index is 1.61. The number of methoxy groups -OCH3 is 1. The van der Waals surface area contributed by atoms with E-state index in [0.29, 0.717) is 25.3 Å². The van der Waals surface area contributed by atoms with Gasteiger partial charge < -0.3 is 14.5 Å². The first-order valence-corrected chi connectivity index (χ1v) is 10.0. The molecule has 6 nitrogen and oxygen atoms in total. The minimum atomic E-state index is 0.137. The van der Waals surface area contributed by atoms with Gasteiger partial charge in [-0.05, 0) is 24.1 Å². The van der Waals surface area contributed by atoms with Crippen LogP contribution in [0.15, 0.2) is 24.3 Å². The van der Waals surface area contributed by atoms with Gasteiger partial charge in [0.15, 0.2) is 0 Å². The first-order valence-electron chi connectivity index (χ1n) is 8.74. The molecule has 0 atom stereocenters. The average Bonchev–Trinajstić information content (AvgIpc) is 2.97. The number of hydrogen-bond acceptors (Lipinski definition) is 6. The zero-order chi connectivity index (χ0) is 18.4. The normalized spacial score (nSPS) is 15.0. The summed E-state index contributed by atoms with van der Waals surface area (Å²) in [6.45, 7) is 3.16. The van der Waals surface area contributed by atoms with Crippen molar-refractivity contribution in [2.75, 3.05) is 44.1 Å². The quantitative estimate of drug-likeness (QED) is 0.705. The topological polar surface area (TPSA) is 58.6 Å². The van der Waals surface area contributed by atoms with Gasteiger partial charge in [0.05, 0.1) is 7.11 Å². The SMILES string of the molecule is COc1cccc(Cc2nsc(N3CCCN(C(=O)CCCl)CC3)n2)c1. The monoisotopic (exact) mass is 394 g/mol. The first-order chi connectivity index (χ1) is 12.7. The summed E-state index contributed by atoms with van der Waals surface area (Å²) < 4.78 is 9.77. The predicted molar refractivity (Wildman–Crippen MR) is 104 cm³/mol. The molecular weight excluding hydrogens is 372 g/mol. The summed E-state index contributed by atoms with van der Waals surface area (Å²) in [6.07, 6.45) is 2.02. The highest BCUT2D eigenvalue weighted by Gasteiger charge is 2.21. The zero-order valence-corrected chi connectivity index (χ0v) is 16.4. The van der Waals surface area contributed by atoms with Crippen molar-refractivity contribution in [3.63, 3.8) is 0 Å². The van der Waals surface area contributed by atoms with Crippen LogP contribution in [0.2, 0.25) is 0 Å². The van der Waals surface area contributed by atoms with Crippen LogP contribution in [0.3, 0.4) is 0 Å². The number of carbonyl (C=O) groups excluding carboxylic acids is 1. The molecule has 1 fully saturated rings. The Hall–Kier alpha value is -1.86. The molecule has 0 unspecified atom stereocenters. The number of hydrogen-bond donors (Lipinski definition) is 0. The zero-order valence-electron chi connectivity index (χ0n) is 14.9. The van der Waals surface area contributed by atoms with Gasteiger partial charge in [-0.3, -0.25) is 4.79 Å². The largest absolute Gasteiger partial charge is 0.497 e. The van der Waals surface area contributed by atoms with Crippen LogP contribution in [0.5, 0.6) is 5.75 Å². The summed E-state index contributed by atoms with van der Waals surface area (Å²) in [5, 5.41) is 0.925. The maximum atomic E-state index is 12.0. The second-order valence-electron chi connectivity index (χ2n) is 6.18. The van der Waals surface area contributed by atoms with E-state index in [1.165, 1.54) is 11.5 Å². The molecule has 1 aliphatic rings. The van der Waals surface area contributed by atoms with E-state index in [1.54, 1.807) is 7.11 Å². The summed E-state index contributed by atoms with van der Waals surface area (Å²) in [4.78, 5) is 20.9. The van der Waals surface area contributed by atoms with E-state index in [4.69, 9.17) is 21.3 Å². The Kier molecular flexibility index (Phi) is 6.68. The molecule has 0 bridgehead atoms. The van der Waals surface area contributed by atoms with Gasteiger partial charge in [-0.1, -0.05) is 12.1 Å². The van der Waals surface area contributed by atoms with E-state index in [2.05, 4.69) is 15.3 Å². The molecule has 140 valence electrons. The summed E-state index contributed by atoms with van der Waals surface area (Å²) in [5.74, 6) is 2.17. The number of anilines is 1. The number of amides is 1. The Morgan fingerprint density at radius 2 is 2.19 bits per heavy atom. The highest BCUT2D eigenvalue weighted by atomic mass is 35.5. The molecule has 0 spiro atoms. The number of halogens is 1. The van der Waals surface area contributed by atoms with Crippen molar-refractivity contribution in [1.82, 2.24) is 14.3 Å². The van der Waals surface area contributed by atoms with E-state index in [1.807, 2.05) is 23.1 Å². The fourth-order valence-corrected chi connectivity index (χ4v) is 3.91. The summed E-state index contributed by atoms with van der Waals surface area (Å²) in [6, 6.07) is 7.96. The van der Waals surface area contributed by atoms with E-state index < -0.39 is 0 Å². The van der Waals surface area contributed by atoms with Crippen molar-refractivity contribution in [1.29, 1.82) is 0 Å². The number of benzene rings is 1. The lowest BCUT2D eigenvalue weighted by atomic mass is 10.1. The fourth-order valence-electron chi connectivity index (χ4n) is 3.01. The van der Waals surface area contributed by atoms with Crippen LogP contribution in [0.4, 0.5) is 5.13 Å². The highest BCUT2D eigenvalue weighted by molar-refractivity contribution is 7.09. The summed E-state index contributed by atoms with van der Waals surface area (Å²) in [7, 11) is 1.67. The minimum absolute atomic E-state index is 0.137. The summed E-state index contributed by atoms with van der Waals surface area (Å²) >= 11 is 7.11. The molecular formula is C18H23ClN4O2S. The van der Waals surface area contributed by atoms with Gasteiger partial charge in [0.2, 0.25) is 11.0 Å². The van der Waals surface area contributed by atoms with Gasteiger partial charge in [-0.25, -0.2) is 4.98 Å². The molecule has 0 aliphatic carbocycles. The van der Waals surface area contributed by atoms with Crippen LogP contribution in [-0.2, 0) is 11.2 Å². The molecule has 3 rings (SSSR count). The average molecular weight is 395 g/mol. The van der Waals surface area contributed by atoms with E-state index in [0.717, 1.165) is 48.3 Å². The molecule has 2 aromatic rings. The van der Waals surface area contributed by atoms with Crippen LogP contribution < -0.4 is 9.64 Å². The van der Waals surface area contributed by atoms with Gasteiger partial charge in [-0.2, -0.15) is 4.37 Å². The number of carbonyl (C=O) groups is 1. The maximum Gasteiger partial charge on any atom is 0.223 e. The Labute approximate surface area is 162 Å². The molecule has 1 aromatic heterocycles. The van der Waals surface area contributed by atoms with Crippen molar-refractivity contribution in [3.05, 3.63) is 35.7 Å². The van der Waals surface area contributed by atoms with Crippen LogP contribution in [-0.4, -0.2) is 59.3 Å². The molecule has 2 heterocycles. The van der Waals surface area contributed by atoms with Gasteiger partial charge in [0.1, 0.15) is 11.6 Å². The van der Waals surface area contributed by atoms with Crippen molar-refractivity contribution in [3.8, 4) is 5.75 Å². The van der Waals surface area contributed by atoms with Gasteiger partial charge in [0.25, 0.3) is 0 Å². The second-order valence-corrected chi connectivity index (χ2v) is 7.29. The van der Waals surface area contributed by atoms with Crippen LogP contribution in [0, 0.1) is 0 Å². The lowest BCUT2D eigenvalue weighted by molar-refractivity contribution is -0.130. The minimum Gasteiger partial charge on any atom is -0.497 e. The number of alkyl halides is 1. The van der Waals surface area contributed by atoms with Crippen molar-refractivity contribution >= 4 is 34.2 Å². The number of ether oxygens (including phenoxy) is 1. The van der Waals surface area contributed by atoms with Gasteiger partial charge in [-0.15, -0.1) is 11.6 Å². The Morgan fingerprint density at radius 3 is 3.00 bits per heavy atom. The molecule has 1 saturated heterocycles. The van der Waals surface area contributed by atoms with Crippen molar-refractivity contribution in [2.24, 2.45) is 0 Å². The molecule has 0 N–H and O–H groups in total. The number of aromatic nitrogens is 2. The Bertz CT molecular complexity index is 739. The van der Waals surface area contributed by atoms with E-state index in [-0.39, 0.29) is 5.91 Å². The van der Waals surface area contributed by atoms with Crippen LogP contribution in [0.25, 0.3) is 0 Å². The van der Waals surface area contributed by atoms with Crippen LogP contribution >= 0.6 is 23.1 Å². The van der Waals surface area contributed by atoms with E-state index in [9.17, 15) is 4.79 Å². The van der Waals surface area contributed by atoms with Gasteiger partial charge in [0, 0.05) is 56.4 Å². The third kappa shape index (κ3) is 4.86. The standard InChI is InChI=1S/C18H23ClN4O2S/c1-25-15-5-2-4-14(12-15)13-16-20-18(26-21-16)23-9-3-8-22(10-11-23)17(24)6-7-19/h2,4-5,12H,3,6-11,13H2,1H3. The number of nitrogens with zero attached hydrogens (tertiary/aromatic N) is 4. The molecule has 0 saturated carbocycles. The van der Waals surface area contributed by atoms with Crippen LogP contribution in [0.1, 0.15) is 24.2 Å². The molecule has 8 heteroatoms. The van der Waals surface area contributed by atoms with Crippen molar-refractivity contribution < 1.29 is 9.53 Å². The number of rotatable bonds is 6. The maximum absolute atomic E-state index is 12.0. The Morgan fingerprint density at radius 1 is 1.31 bits per heavy atom. The lowest BCUT2D eigenvalue weighted by Gasteiger charge is -2.21. The molecule has 1 aromatic carbocycles. The molecule has 1 amide bonds. The fraction of sp³-hybridized carbons (Fsp3) is 0.500. The molecule has 0 radical (unpaired) electrons. The predicted octanol–water partition coefficient (Wildman–Crippen LogP) is 2.81. The first kappa shape index (κ1) is 18.9. The smallest absolute Gasteiger partial charge is 0.223 e. The summed E-state index contributed by atoms with van der Waals surface area (Å²) in [5.41, 5.74) is 1.13. The third-order valence-corrected chi connectivity index (χ3v) is 5.39. The molecule has 26 heavy (non-hydrogen) atoms. The lowest BCUT2D eigenvalue weighted by Crippen LogP contribution is -2.35. The highest BCUT2D eigenvalue weighted by Crippen LogP contribution is 2.22. The third-order valence-electron chi connectivity index (χ3n) is 4.38. The van der Waals surface area contributed by atoms with Crippen molar-refractivity contribution in [2.45, 2.75) is 19.3 Å². The van der Waals surface area contributed by atoms with Gasteiger partial charge >= 0.3 is 0 Å². The van der Waals surface area contributed by atoms with E-state index >= 15 is 0 Å². The molecule has 1 aliphatic heterocycles.